The van der Waals surface area contributed by atoms with Crippen LogP contribution < -0.4 is 0 Å². The van der Waals surface area contributed by atoms with Gasteiger partial charge in [0.05, 0.1) is 18.6 Å². The number of benzene rings is 2. The fourth-order valence-electron chi connectivity index (χ4n) is 6.22. The van der Waals surface area contributed by atoms with Crippen LogP contribution in [0.25, 0.3) is 17.0 Å². The lowest BCUT2D eigenvalue weighted by Gasteiger charge is -2.35. The van der Waals surface area contributed by atoms with Crippen LogP contribution in [0.4, 0.5) is 8.78 Å². The normalized spacial score (nSPS) is 21.6. The summed E-state index contributed by atoms with van der Waals surface area (Å²) in [5, 5.41) is 0. The Labute approximate surface area is 236 Å². The maximum absolute atomic E-state index is 15.9. The van der Waals surface area contributed by atoms with Crippen LogP contribution >= 0.6 is 0 Å². The molecule has 0 N–H and O–H groups in total. The van der Waals surface area contributed by atoms with Gasteiger partial charge in [-0.05, 0) is 86.3 Å². The molecule has 41 heavy (non-hydrogen) atoms. The monoisotopic (exact) mass is 556 g/mol. The van der Waals surface area contributed by atoms with Crippen molar-refractivity contribution in [2.75, 3.05) is 13.2 Å². The second-order valence-corrected chi connectivity index (χ2v) is 11.3. The summed E-state index contributed by atoms with van der Waals surface area (Å²) in [6.07, 6.45) is 3.11. The molecule has 0 unspecified atom stereocenters. The molecule has 210 valence electrons. The van der Waals surface area contributed by atoms with Gasteiger partial charge >= 0.3 is 5.97 Å². The highest BCUT2D eigenvalue weighted by atomic mass is 19.1. The van der Waals surface area contributed by atoms with E-state index in [0.29, 0.717) is 30.8 Å². The SMILES string of the molecule is CCOC(=O)[C@@H]1C[C@H]1c1ccc(-c2nc3nc(C(=O)N4CCc5ccccc5[C@H]4C)cc(C4CC4)n3c2F)c(F)c1. The van der Waals surface area contributed by atoms with E-state index in [1.54, 1.807) is 24.0 Å². The van der Waals surface area contributed by atoms with E-state index in [1.165, 1.54) is 22.1 Å². The van der Waals surface area contributed by atoms with E-state index >= 15 is 8.78 Å². The third-order valence-corrected chi connectivity index (χ3v) is 8.69. The van der Waals surface area contributed by atoms with Crippen molar-refractivity contribution in [1.29, 1.82) is 0 Å². The van der Waals surface area contributed by atoms with Crippen molar-refractivity contribution in [3.63, 3.8) is 0 Å². The molecule has 7 rings (SSSR count). The molecule has 2 saturated carbocycles. The maximum atomic E-state index is 15.9. The number of halogens is 2. The summed E-state index contributed by atoms with van der Waals surface area (Å²) in [6.45, 7) is 4.62. The highest BCUT2D eigenvalue weighted by molar-refractivity contribution is 5.93. The zero-order valence-electron chi connectivity index (χ0n) is 22.9. The predicted octanol–water partition coefficient (Wildman–Crippen LogP) is 5.98. The average molecular weight is 557 g/mol. The van der Waals surface area contributed by atoms with Gasteiger partial charge in [-0.15, -0.1) is 0 Å². The van der Waals surface area contributed by atoms with Crippen LogP contribution in [0.1, 0.15) is 83.9 Å². The molecule has 9 heteroatoms. The highest BCUT2D eigenvalue weighted by Crippen LogP contribution is 2.49. The quantitative estimate of drug-likeness (QED) is 0.273. The molecule has 0 bridgehead atoms. The molecule has 0 saturated heterocycles. The van der Waals surface area contributed by atoms with Gasteiger partial charge in [0, 0.05) is 17.8 Å². The van der Waals surface area contributed by atoms with Gasteiger partial charge in [0.1, 0.15) is 17.2 Å². The van der Waals surface area contributed by atoms with Crippen molar-refractivity contribution in [3.8, 4) is 11.3 Å². The van der Waals surface area contributed by atoms with Crippen LogP contribution in [0, 0.1) is 17.7 Å². The number of carbonyl (C=O) groups is 2. The number of rotatable bonds is 6. The van der Waals surface area contributed by atoms with Crippen molar-refractivity contribution in [3.05, 3.63) is 88.4 Å². The second kappa shape index (κ2) is 9.75. The molecule has 4 aromatic rings. The Kier molecular flexibility index (Phi) is 6.14. The molecule has 3 aliphatic rings. The topological polar surface area (TPSA) is 76.8 Å². The predicted molar refractivity (Wildman–Crippen MR) is 147 cm³/mol. The molecular weight excluding hydrogens is 526 g/mol. The van der Waals surface area contributed by atoms with Crippen molar-refractivity contribution in [2.24, 2.45) is 5.92 Å². The Morgan fingerprint density at radius 2 is 1.88 bits per heavy atom. The molecule has 3 atom stereocenters. The lowest BCUT2D eigenvalue weighted by atomic mass is 9.93. The van der Waals surface area contributed by atoms with Crippen LogP contribution in [0.2, 0.25) is 0 Å². The third kappa shape index (κ3) is 4.38. The number of ether oxygens (including phenoxy) is 1. The Bertz CT molecular complexity index is 1710. The summed E-state index contributed by atoms with van der Waals surface area (Å²) >= 11 is 0. The molecule has 7 nitrogen and oxygen atoms in total. The standard InChI is InChI=1S/C32H30F2N4O3/c1-3-41-31(40)24-15-23(24)20-10-11-22(25(33)14-20)28-29(34)38-27(19-8-9-19)16-26(35-32(38)36-28)30(39)37-13-12-18-6-4-5-7-21(18)17(37)2/h4-7,10-11,14,16-17,19,23-24H,3,8-9,12-13,15H2,1-2H3/t17-,23+,24-/m1/s1. The Balaban J connectivity index is 1.23. The smallest absolute Gasteiger partial charge is 0.309 e. The first-order valence-corrected chi connectivity index (χ1v) is 14.3. The number of nitrogens with zero attached hydrogens (tertiary/aromatic N) is 4. The van der Waals surface area contributed by atoms with Gasteiger partial charge in [0.2, 0.25) is 11.7 Å². The number of esters is 1. The summed E-state index contributed by atoms with van der Waals surface area (Å²) in [4.78, 5) is 36.5. The molecule has 0 spiro atoms. The molecule has 3 heterocycles. The van der Waals surface area contributed by atoms with Gasteiger partial charge in [-0.2, -0.15) is 4.39 Å². The van der Waals surface area contributed by atoms with E-state index < -0.39 is 11.8 Å². The van der Waals surface area contributed by atoms with E-state index in [1.807, 2.05) is 25.1 Å². The minimum absolute atomic E-state index is 0.0148. The Hall–Kier alpha value is -4.14. The summed E-state index contributed by atoms with van der Waals surface area (Å²) in [7, 11) is 0. The zero-order valence-corrected chi connectivity index (χ0v) is 22.9. The van der Waals surface area contributed by atoms with Crippen LogP contribution in [0.3, 0.4) is 0 Å². The van der Waals surface area contributed by atoms with Crippen molar-refractivity contribution in [1.82, 2.24) is 19.3 Å². The summed E-state index contributed by atoms with van der Waals surface area (Å²) < 4.78 is 37.7. The van der Waals surface area contributed by atoms with Gasteiger partial charge in [0.15, 0.2) is 0 Å². The molecule has 0 radical (unpaired) electrons. The number of imidazole rings is 1. The fourth-order valence-corrected chi connectivity index (χ4v) is 6.22. The van der Waals surface area contributed by atoms with Gasteiger partial charge < -0.3 is 9.64 Å². The van der Waals surface area contributed by atoms with Gasteiger partial charge in [-0.1, -0.05) is 30.3 Å². The third-order valence-electron chi connectivity index (χ3n) is 8.69. The van der Waals surface area contributed by atoms with Crippen molar-refractivity contribution in [2.45, 2.75) is 57.4 Å². The van der Waals surface area contributed by atoms with Gasteiger partial charge in [0.25, 0.3) is 5.91 Å². The number of hydrogen-bond donors (Lipinski definition) is 0. The summed E-state index contributed by atoms with van der Waals surface area (Å²) in [6, 6.07) is 14.2. The van der Waals surface area contributed by atoms with E-state index in [2.05, 4.69) is 16.0 Å². The molecule has 2 aliphatic carbocycles. The summed E-state index contributed by atoms with van der Waals surface area (Å²) in [5.74, 6) is -2.07. The second-order valence-electron chi connectivity index (χ2n) is 11.3. The molecular formula is C32H30F2N4O3. The molecule has 1 aliphatic heterocycles. The maximum Gasteiger partial charge on any atom is 0.309 e. The lowest BCUT2D eigenvalue weighted by Crippen LogP contribution is -2.39. The number of hydrogen-bond acceptors (Lipinski definition) is 5. The van der Waals surface area contributed by atoms with Gasteiger partial charge in [-0.25, -0.2) is 14.4 Å². The van der Waals surface area contributed by atoms with Crippen LogP contribution in [0.15, 0.2) is 48.5 Å². The highest BCUT2D eigenvalue weighted by Gasteiger charge is 2.45. The fraction of sp³-hybridized carbons (Fsp3) is 0.375. The molecule has 2 aromatic carbocycles. The largest absolute Gasteiger partial charge is 0.466 e. The average Bonchev–Trinajstić information content (AvgIpc) is 3.90. The van der Waals surface area contributed by atoms with E-state index in [-0.39, 0.29) is 58.4 Å². The van der Waals surface area contributed by atoms with Gasteiger partial charge in [-0.3, -0.25) is 14.0 Å². The summed E-state index contributed by atoms with van der Waals surface area (Å²) in [5.41, 5.74) is 3.74. The molecule has 2 aromatic heterocycles. The van der Waals surface area contributed by atoms with Crippen LogP contribution in [0.5, 0.6) is 0 Å². The van der Waals surface area contributed by atoms with Crippen LogP contribution in [-0.2, 0) is 16.0 Å². The lowest BCUT2D eigenvalue weighted by molar-refractivity contribution is -0.144. The number of amides is 1. The Morgan fingerprint density at radius 1 is 1.07 bits per heavy atom. The first-order valence-electron chi connectivity index (χ1n) is 14.3. The number of aromatic nitrogens is 3. The Morgan fingerprint density at radius 3 is 2.63 bits per heavy atom. The van der Waals surface area contributed by atoms with E-state index in [9.17, 15) is 9.59 Å². The van der Waals surface area contributed by atoms with Crippen LogP contribution in [-0.4, -0.2) is 44.3 Å². The zero-order chi connectivity index (χ0) is 28.4. The van der Waals surface area contributed by atoms with E-state index in [0.717, 1.165) is 24.8 Å². The first-order chi connectivity index (χ1) is 19.9. The minimum atomic E-state index is -0.698. The minimum Gasteiger partial charge on any atom is -0.466 e. The number of carbonyl (C=O) groups excluding carboxylic acids is 2. The molecule has 1 amide bonds. The first kappa shape index (κ1) is 25.8. The van der Waals surface area contributed by atoms with Crippen molar-refractivity contribution < 1.29 is 23.1 Å². The van der Waals surface area contributed by atoms with Crippen molar-refractivity contribution >= 4 is 17.7 Å². The van der Waals surface area contributed by atoms with E-state index in [4.69, 9.17) is 4.74 Å². The molecule has 2 fully saturated rings. The number of fused-ring (bicyclic) bond motifs is 2.